The van der Waals surface area contributed by atoms with Gasteiger partial charge in [-0.1, -0.05) is 12.8 Å². The van der Waals surface area contributed by atoms with E-state index in [0.717, 1.165) is 13.2 Å². The van der Waals surface area contributed by atoms with Crippen LogP contribution in [0.15, 0.2) is 0 Å². The van der Waals surface area contributed by atoms with Gasteiger partial charge in [0, 0.05) is 12.6 Å². The summed E-state index contributed by atoms with van der Waals surface area (Å²) in [6.45, 7) is 8.70. The Hall–Kier alpha value is -0.810. The summed E-state index contributed by atoms with van der Waals surface area (Å²) in [6, 6.07) is 0.396. The van der Waals surface area contributed by atoms with Gasteiger partial charge in [0.1, 0.15) is 11.2 Å². The monoisotopic (exact) mass is 296 g/mol. The van der Waals surface area contributed by atoms with Gasteiger partial charge in [-0.3, -0.25) is 0 Å². The molecule has 2 aliphatic heterocycles. The largest absolute Gasteiger partial charge is 0.444 e. The minimum atomic E-state index is -0.434. The number of rotatable bonds is 1. The summed E-state index contributed by atoms with van der Waals surface area (Å²) in [6.07, 6.45) is 5.01. The van der Waals surface area contributed by atoms with E-state index >= 15 is 0 Å². The van der Waals surface area contributed by atoms with E-state index in [9.17, 15) is 4.79 Å². The fourth-order valence-electron chi connectivity index (χ4n) is 3.97. The van der Waals surface area contributed by atoms with Crippen molar-refractivity contribution in [3.05, 3.63) is 0 Å². The summed E-state index contributed by atoms with van der Waals surface area (Å²) in [5.41, 5.74) is -0.611. The Morgan fingerprint density at radius 3 is 2.57 bits per heavy atom. The Morgan fingerprint density at radius 2 is 1.95 bits per heavy atom. The lowest BCUT2D eigenvalue weighted by Gasteiger charge is -2.56. The van der Waals surface area contributed by atoms with Crippen molar-refractivity contribution in [2.24, 2.45) is 5.92 Å². The molecule has 0 aromatic rings. The highest BCUT2D eigenvalue weighted by Gasteiger charge is 2.56. The van der Waals surface area contributed by atoms with Crippen LogP contribution in [0.25, 0.3) is 0 Å². The number of nitrogens with zero attached hydrogens (tertiary/aromatic N) is 1. The average Bonchev–Trinajstić information content (AvgIpc) is 2.87. The zero-order valence-electron chi connectivity index (χ0n) is 13.5. The van der Waals surface area contributed by atoms with Gasteiger partial charge in [-0.05, 0) is 39.5 Å². The quantitative estimate of drug-likeness (QED) is 0.805. The second-order valence-corrected chi connectivity index (χ2v) is 7.73. The molecular formula is C16H28N2O3. The van der Waals surface area contributed by atoms with E-state index in [4.69, 9.17) is 9.47 Å². The van der Waals surface area contributed by atoms with Crippen LogP contribution in [0.5, 0.6) is 0 Å². The van der Waals surface area contributed by atoms with Crippen LogP contribution in [0.2, 0.25) is 0 Å². The van der Waals surface area contributed by atoms with E-state index in [2.05, 4.69) is 5.32 Å². The average molecular weight is 296 g/mol. The van der Waals surface area contributed by atoms with Crippen molar-refractivity contribution >= 4 is 6.09 Å². The zero-order valence-corrected chi connectivity index (χ0v) is 13.5. The van der Waals surface area contributed by atoms with Gasteiger partial charge >= 0.3 is 6.09 Å². The topological polar surface area (TPSA) is 50.8 Å². The number of nitrogens with one attached hydrogen (secondary N) is 1. The molecule has 3 aliphatic rings. The molecule has 1 unspecified atom stereocenters. The van der Waals surface area contributed by atoms with Crippen LogP contribution in [0.4, 0.5) is 4.79 Å². The number of amides is 1. The minimum absolute atomic E-state index is 0.176. The van der Waals surface area contributed by atoms with Crippen LogP contribution in [-0.2, 0) is 9.47 Å². The first-order valence-electron chi connectivity index (χ1n) is 8.25. The van der Waals surface area contributed by atoms with E-state index in [1.807, 2.05) is 20.8 Å². The van der Waals surface area contributed by atoms with Gasteiger partial charge in [0.15, 0.2) is 0 Å². The maximum Gasteiger partial charge on any atom is 0.410 e. The molecule has 5 heteroatoms. The highest BCUT2D eigenvalue weighted by atomic mass is 16.6. The maximum atomic E-state index is 12.1. The van der Waals surface area contributed by atoms with Crippen molar-refractivity contribution in [2.45, 2.75) is 63.7 Å². The first-order chi connectivity index (χ1) is 9.90. The van der Waals surface area contributed by atoms with E-state index in [1.54, 1.807) is 4.90 Å². The molecular weight excluding hydrogens is 268 g/mol. The highest BCUT2D eigenvalue weighted by molar-refractivity contribution is 5.69. The summed E-state index contributed by atoms with van der Waals surface area (Å²) in [7, 11) is 0. The number of ether oxygens (including phenoxy) is 2. The van der Waals surface area contributed by atoms with Crippen LogP contribution in [0.1, 0.15) is 46.5 Å². The molecule has 5 nitrogen and oxygen atoms in total. The van der Waals surface area contributed by atoms with Crippen molar-refractivity contribution < 1.29 is 14.3 Å². The lowest BCUT2D eigenvalue weighted by atomic mass is 9.77. The van der Waals surface area contributed by atoms with Crippen molar-refractivity contribution in [3.63, 3.8) is 0 Å². The number of carbonyl (C=O) groups excluding carboxylic acids is 1. The van der Waals surface area contributed by atoms with Gasteiger partial charge in [-0.2, -0.15) is 0 Å². The number of hydrogen-bond donors (Lipinski definition) is 1. The van der Waals surface area contributed by atoms with Crippen LogP contribution >= 0.6 is 0 Å². The van der Waals surface area contributed by atoms with Gasteiger partial charge in [-0.25, -0.2) is 4.79 Å². The van der Waals surface area contributed by atoms with Crippen LogP contribution in [0, 0.1) is 5.92 Å². The molecule has 21 heavy (non-hydrogen) atoms. The second kappa shape index (κ2) is 5.43. The van der Waals surface area contributed by atoms with E-state index < -0.39 is 5.60 Å². The summed E-state index contributed by atoms with van der Waals surface area (Å²) in [5.74, 6) is 0.700. The number of hydrogen-bond acceptors (Lipinski definition) is 4. The Kier molecular flexibility index (Phi) is 3.91. The molecule has 3 rings (SSSR count). The number of likely N-dealkylation sites (tertiary alicyclic amines) is 1. The standard InChI is InChI=1S/C16H28N2O3/c1-15(2,3)21-14(19)18-10-16(11-18)13(17-8-9-20-16)12-6-4-5-7-12/h12-13,17H,4-11H2,1-3H3. The van der Waals surface area contributed by atoms with Crippen molar-refractivity contribution in [1.29, 1.82) is 0 Å². The molecule has 1 aliphatic carbocycles. The summed E-state index contributed by atoms with van der Waals surface area (Å²) in [4.78, 5) is 13.9. The molecule has 1 saturated carbocycles. The smallest absolute Gasteiger partial charge is 0.410 e. The van der Waals surface area contributed by atoms with Crippen molar-refractivity contribution in [3.8, 4) is 0 Å². The first-order valence-corrected chi connectivity index (χ1v) is 8.25. The number of carbonyl (C=O) groups is 1. The maximum absolute atomic E-state index is 12.1. The fraction of sp³-hybridized carbons (Fsp3) is 0.938. The third kappa shape index (κ3) is 3.04. The van der Waals surface area contributed by atoms with Gasteiger partial charge in [0.2, 0.25) is 0 Å². The van der Waals surface area contributed by atoms with Crippen molar-refractivity contribution in [2.75, 3.05) is 26.2 Å². The lowest BCUT2D eigenvalue weighted by molar-refractivity contribution is -0.183. The van der Waals surface area contributed by atoms with E-state index in [1.165, 1.54) is 25.7 Å². The Balaban J connectivity index is 1.61. The highest BCUT2D eigenvalue weighted by Crippen LogP contribution is 2.40. The Labute approximate surface area is 127 Å². The normalized spacial score (nSPS) is 29.5. The van der Waals surface area contributed by atoms with Crippen LogP contribution in [0.3, 0.4) is 0 Å². The van der Waals surface area contributed by atoms with Crippen molar-refractivity contribution in [1.82, 2.24) is 10.2 Å². The fourth-order valence-corrected chi connectivity index (χ4v) is 3.97. The molecule has 1 spiro atoms. The molecule has 0 aromatic carbocycles. The zero-order chi connectivity index (χ0) is 15.1. The molecule has 1 amide bonds. The second-order valence-electron chi connectivity index (χ2n) is 7.73. The molecule has 2 heterocycles. The lowest BCUT2D eigenvalue weighted by Crippen LogP contribution is -2.76. The van der Waals surface area contributed by atoms with Gasteiger partial charge in [-0.15, -0.1) is 0 Å². The van der Waals surface area contributed by atoms with Gasteiger partial charge in [0.25, 0.3) is 0 Å². The molecule has 3 fully saturated rings. The first kappa shape index (κ1) is 15.1. The summed E-state index contributed by atoms with van der Waals surface area (Å²) < 4.78 is 11.6. The molecule has 0 radical (unpaired) electrons. The molecule has 0 aromatic heterocycles. The predicted octanol–water partition coefficient (Wildman–Crippen LogP) is 2.15. The minimum Gasteiger partial charge on any atom is -0.444 e. The van der Waals surface area contributed by atoms with E-state index in [-0.39, 0.29) is 11.7 Å². The molecule has 1 N–H and O–H groups in total. The molecule has 0 bridgehead atoms. The van der Waals surface area contributed by atoms with E-state index in [0.29, 0.717) is 25.0 Å². The van der Waals surface area contributed by atoms with Crippen LogP contribution < -0.4 is 5.32 Å². The third-order valence-corrected chi connectivity index (χ3v) is 4.86. The Morgan fingerprint density at radius 1 is 1.29 bits per heavy atom. The summed E-state index contributed by atoms with van der Waals surface area (Å²) >= 11 is 0. The predicted molar refractivity (Wildman–Crippen MR) is 80.2 cm³/mol. The molecule has 120 valence electrons. The third-order valence-electron chi connectivity index (χ3n) is 4.86. The van der Waals surface area contributed by atoms with Crippen LogP contribution in [-0.4, -0.2) is 54.5 Å². The number of morpholine rings is 1. The molecule has 1 atom stereocenters. The summed E-state index contributed by atoms with van der Waals surface area (Å²) in [5, 5.41) is 3.66. The Bertz CT molecular complexity index is 393. The van der Waals surface area contributed by atoms with Gasteiger partial charge in [0.05, 0.1) is 19.7 Å². The molecule has 2 saturated heterocycles. The SMILES string of the molecule is CC(C)(C)OC(=O)N1CC2(C1)OCCNC2C1CCCC1. The van der Waals surface area contributed by atoms with Gasteiger partial charge < -0.3 is 19.7 Å².